The summed E-state index contributed by atoms with van der Waals surface area (Å²) in [5.74, 6) is -0.576. The molecule has 4 nitrogen and oxygen atoms in total. The Balaban J connectivity index is 2.45. The highest BCUT2D eigenvalue weighted by Crippen LogP contribution is 2.29. The second kappa shape index (κ2) is 9.32. The summed E-state index contributed by atoms with van der Waals surface area (Å²) in [6.45, 7) is 4.28. The zero-order valence-electron chi connectivity index (χ0n) is 14.8. The van der Waals surface area contributed by atoms with Crippen LogP contribution in [0, 0.1) is 17.4 Å². The van der Waals surface area contributed by atoms with Gasteiger partial charge in [-0.05, 0) is 77.9 Å². The van der Waals surface area contributed by atoms with E-state index < -0.39 is 5.97 Å². The fourth-order valence-electron chi connectivity index (χ4n) is 2.60. The number of benzene rings is 2. The summed E-state index contributed by atoms with van der Waals surface area (Å²) >= 11 is 5.63. The number of halogens is 2. The van der Waals surface area contributed by atoms with Crippen LogP contribution >= 0.6 is 38.5 Å². The molecule has 0 saturated heterocycles. The molecule has 0 N–H and O–H groups in total. The van der Waals surface area contributed by atoms with Crippen molar-refractivity contribution in [3.63, 3.8) is 0 Å². The summed E-state index contributed by atoms with van der Waals surface area (Å²) in [5.41, 5.74) is 3.57. The number of ether oxygens (including phenoxy) is 1. The SMILES string of the molecule is COC(=O)/C=C/CN(C(=O)c1ccc(Br)cc1)c1c(C)cc(C)cc1I. The van der Waals surface area contributed by atoms with E-state index in [1.165, 1.54) is 13.2 Å². The van der Waals surface area contributed by atoms with Crippen molar-refractivity contribution in [1.29, 1.82) is 0 Å². The standard InChI is InChI=1S/C20H19BrINO3/c1-13-11-14(2)19(17(22)12-13)23(10-4-5-18(24)26-3)20(25)15-6-8-16(21)9-7-15/h4-9,11-12H,10H2,1-3H3/b5-4+. The maximum atomic E-state index is 13.1. The maximum Gasteiger partial charge on any atom is 0.330 e. The van der Waals surface area contributed by atoms with Gasteiger partial charge in [0.25, 0.3) is 5.91 Å². The first-order valence-corrected chi connectivity index (χ1v) is 9.79. The van der Waals surface area contributed by atoms with Crippen LogP contribution < -0.4 is 4.90 Å². The molecule has 0 heterocycles. The van der Waals surface area contributed by atoms with Gasteiger partial charge in [-0.25, -0.2) is 4.79 Å². The molecule has 0 saturated carbocycles. The quantitative estimate of drug-likeness (QED) is 0.310. The topological polar surface area (TPSA) is 46.6 Å². The molecule has 2 aromatic rings. The summed E-state index contributed by atoms with van der Waals surface area (Å²) < 4.78 is 6.52. The molecule has 0 radical (unpaired) electrons. The summed E-state index contributed by atoms with van der Waals surface area (Å²) in [6, 6.07) is 11.3. The largest absolute Gasteiger partial charge is 0.466 e. The molecule has 0 aromatic heterocycles. The summed E-state index contributed by atoms with van der Waals surface area (Å²) in [7, 11) is 1.32. The Morgan fingerprint density at radius 3 is 2.42 bits per heavy atom. The summed E-state index contributed by atoms with van der Waals surface area (Å²) in [6.07, 6.45) is 2.97. The Morgan fingerprint density at radius 1 is 1.19 bits per heavy atom. The Morgan fingerprint density at radius 2 is 1.85 bits per heavy atom. The number of rotatable bonds is 5. The number of nitrogens with zero attached hydrogens (tertiary/aromatic N) is 1. The lowest BCUT2D eigenvalue weighted by atomic mass is 10.1. The number of hydrogen-bond acceptors (Lipinski definition) is 3. The lowest BCUT2D eigenvalue weighted by Gasteiger charge is -2.25. The molecule has 0 atom stereocenters. The Bertz CT molecular complexity index is 824. The Kier molecular flexibility index (Phi) is 7.40. The molecule has 0 bridgehead atoms. The predicted molar refractivity (Wildman–Crippen MR) is 116 cm³/mol. The molecule has 0 spiro atoms. The first kappa shape index (κ1) is 20.6. The molecule has 136 valence electrons. The molecule has 2 rings (SSSR count). The van der Waals surface area contributed by atoms with Crippen molar-refractivity contribution in [2.45, 2.75) is 13.8 Å². The average molecular weight is 528 g/mol. The van der Waals surface area contributed by atoms with Crippen molar-refractivity contribution in [3.05, 3.63) is 73.3 Å². The van der Waals surface area contributed by atoms with E-state index in [9.17, 15) is 9.59 Å². The Labute approximate surface area is 175 Å². The fraction of sp³-hybridized carbons (Fsp3) is 0.200. The molecule has 0 fully saturated rings. The second-order valence-electron chi connectivity index (χ2n) is 5.76. The van der Waals surface area contributed by atoms with E-state index in [0.717, 1.165) is 24.9 Å². The Hall–Kier alpha value is -1.67. The lowest BCUT2D eigenvalue weighted by Crippen LogP contribution is -2.32. The first-order valence-electron chi connectivity index (χ1n) is 7.92. The molecular formula is C20H19BrINO3. The van der Waals surface area contributed by atoms with Crippen molar-refractivity contribution in [2.24, 2.45) is 0 Å². The number of esters is 1. The highest BCUT2D eigenvalue weighted by Gasteiger charge is 2.21. The molecule has 0 aliphatic carbocycles. The third-order valence-corrected chi connectivity index (χ3v) is 5.10. The van der Waals surface area contributed by atoms with E-state index >= 15 is 0 Å². The van der Waals surface area contributed by atoms with Gasteiger partial charge in [-0.1, -0.05) is 28.1 Å². The molecule has 1 amide bonds. The number of amides is 1. The van der Waals surface area contributed by atoms with E-state index in [2.05, 4.69) is 43.3 Å². The van der Waals surface area contributed by atoms with Gasteiger partial charge in [0.1, 0.15) is 0 Å². The van der Waals surface area contributed by atoms with Crippen molar-refractivity contribution in [2.75, 3.05) is 18.6 Å². The third kappa shape index (κ3) is 5.17. The van der Waals surface area contributed by atoms with E-state index in [-0.39, 0.29) is 12.5 Å². The average Bonchev–Trinajstić information content (AvgIpc) is 2.59. The van der Waals surface area contributed by atoms with Crippen LogP contribution in [0.3, 0.4) is 0 Å². The highest BCUT2D eigenvalue weighted by molar-refractivity contribution is 14.1. The number of hydrogen-bond donors (Lipinski definition) is 0. The van der Waals surface area contributed by atoms with Crippen molar-refractivity contribution < 1.29 is 14.3 Å². The molecule has 2 aromatic carbocycles. The summed E-state index contributed by atoms with van der Waals surface area (Å²) in [5, 5.41) is 0. The van der Waals surface area contributed by atoms with E-state index in [4.69, 9.17) is 0 Å². The maximum absolute atomic E-state index is 13.1. The number of methoxy groups -OCH3 is 1. The molecule has 0 aliphatic rings. The predicted octanol–water partition coefficient (Wildman–Crippen LogP) is 5.05. The highest BCUT2D eigenvalue weighted by atomic mass is 127. The zero-order valence-corrected chi connectivity index (χ0v) is 18.5. The van der Waals surface area contributed by atoms with Gasteiger partial charge in [-0.2, -0.15) is 0 Å². The van der Waals surface area contributed by atoms with Crippen LogP contribution in [0.1, 0.15) is 21.5 Å². The van der Waals surface area contributed by atoms with Gasteiger partial charge >= 0.3 is 5.97 Å². The van der Waals surface area contributed by atoms with Gasteiger partial charge in [0.2, 0.25) is 0 Å². The van der Waals surface area contributed by atoms with Crippen LogP contribution in [0.4, 0.5) is 5.69 Å². The van der Waals surface area contributed by atoms with Crippen LogP contribution in [-0.4, -0.2) is 25.5 Å². The van der Waals surface area contributed by atoms with Crippen LogP contribution in [-0.2, 0) is 9.53 Å². The van der Waals surface area contributed by atoms with E-state index in [0.29, 0.717) is 5.56 Å². The minimum atomic E-state index is -0.448. The number of carbonyl (C=O) groups excluding carboxylic acids is 2. The van der Waals surface area contributed by atoms with Crippen LogP contribution in [0.2, 0.25) is 0 Å². The van der Waals surface area contributed by atoms with Gasteiger partial charge in [0.15, 0.2) is 0 Å². The second-order valence-corrected chi connectivity index (χ2v) is 7.84. The fourth-order valence-corrected chi connectivity index (χ4v) is 4.07. The normalized spacial score (nSPS) is 10.8. The first-order chi connectivity index (χ1) is 12.3. The monoisotopic (exact) mass is 527 g/mol. The van der Waals surface area contributed by atoms with Crippen molar-refractivity contribution in [1.82, 2.24) is 0 Å². The van der Waals surface area contributed by atoms with Gasteiger partial charge in [0.05, 0.1) is 12.8 Å². The molecule has 0 unspecified atom stereocenters. The zero-order chi connectivity index (χ0) is 19.3. The smallest absolute Gasteiger partial charge is 0.330 e. The van der Waals surface area contributed by atoms with Gasteiger partial charge in [-0.3, -0.25) is 4.79 Å². The molecule has 6 heteroatoms. The summed E-state index contributed by atoms with van der Waals surface area (Å²) in [4.78, 5) is 26.2. The number of anilines is 1. The molecule has 26 heavy (non-hydrogen) atoms. The molecular weight excluding hydrogens is 509 g/mol. The van der Waals surface area contributed by atoms with Gasteiger partial charge < -0.3 is 9.64 Å². The van der Waals surface area contributed by atoms with E-state index in [1.807, 2.05) is 38.1 Å². The number of aryl methyl sites for hydroxylation is 2. The van der Waals surface area contributed by atoms with Gasteiger partial charge in [-0.15, -0.1) is 0 Å². The minimum absolute atomic E-state index is 0.128. The minimum Gasteiger partial charge on any atom is -0.466 e. The van der Waals surface area contributed by atoms with Crippen molar-refractivity contribution >= 4 is 56.1 Å². The van der Waals surface area contributed by atoms with Crippen molar-refractivity contribution in [3.8, 4) is 0 Å². The van der Waals surface area contributed by atoms with E-state index in [1.54, 1.807) is 23.1 Å². The van der Waals surface area contributed by atoms with Crippen LogP contribution in [0.5, 0.6) is 0 Å². The number of carbonyl (C=O) groups is 2. The molecule has 0 aliphatic heterocycles. The third-order valence-electron chi connectivity index (χ3n) is 3.75. The van der Waals surface area contributed by atoms with Gasteiger partial charge in [0, 0.05) is 26.2 Å². The lowest BCUT2D eigenvalue weighted by molar-refractivity contribution is -0.134. The van der Waals surface area contributed by atoms with Crippen LogP contribution in [0.25, 0.3) is 0 Å². The van der Waals surface area contributed by atoms with Crippen LogP contribution in [0.15, 0.2) is 53.0 Å².